The van der Waals surface area contributed by atoms with Crippen molar-refractivity contribution in [3.05, 3.63) is 63.7 Å². The van der Waals surface area contributed by atoms with E-state index in [4.69, 9.17) is 16.3 Å². The van der Waals surface area contributed by atoms with E-state index >= 15 is 0 Å². The second-order valence-corrected chi connectivity index (χ2v) is 9.60. The molecule has 1 saturated heterocycles. The molecule has 4 rings (SSSR count). The van der Waals surface area contributed by atoms with E-state index in [0.717, 1.165) is 72.0 Å². The van der Waals surface area contributed by atoms with Crippen molar-refractivity contribution in [2.75, 3.05) is 26.7 Å². The highest BCUT2D eigenvalue weighted by Crippen LogP contribution is 2.36. The largest absolute Gasteiger partial charge is 0.489 e. The Morgan fingerprint density at radius 1 is 1.13 bits per heavy atom. The molecule has 4 nitrogen and oxygen atoms in total. The number of carbonyl (C=O) groups is 1. The molecular formula is C26H33ClN2O2. The van der Waals surface area contributed by atoms with E-state index in [1.807, 2.05) is 56.1 Å². The zero-order chi connectivity index (χ0) is 22.0. The van der Waals surface area contributed by atoms with Gasteiger partial charge in [0.05, 0.1) is 11.1 Å². The van der Waals surface area contributed by atoms with E-state index in [9.17, 15) is 4.79 Å². The van der Waals surface area contributed by atoms with Gasteiger partial charge in [0.2, 0.25) is 0 Å². The van der Waals surface area contributed by atoms with Crippen molar-refractivity contribution < 1.29 is 9.53 Å². The molecule has 0 spiro atoms. The molecule has 1 aliphatic heterocycles. The van der Waals surface area contributed by atoms with Crippen LogP contribution in [-0.2, 0) is 6.54 Å². The molecular weight excluding hydrogens is 408 g/mol. The minimum atomic E-state index is 0.100. The van der Waals surface area contributed by atoms with Gasteiger partial charge in [-0.15, -0.1) is 0 Å². The van der Waals surface area contributed by atoms with Crippen molar-refractivity contribution in [1.29, 1.82) is 0 Å². The number of ether oxygens (including phenoxy) is 1. The molecule has 1 amide bonds. The predicted octanol–water partition coefficient (Wildman–Crippen LogP) is 5.48. The average molecular weight is 441 g/mol. The minimum Gasteiger partial charge on any atom is -0.489 e. The van der Waals surface area contributed by atoms with Crippen LogP contribution >= 0.6 is 11.6 Å². The zero-order valence-corrected chi connectivity index (χ0v) is 19.6. The summed E-state index contributed by atoms with van der Waals surface area (Å²) in [5.41, 5.74) is 4.17. The summed E-state index contributed by atoms with van der Waals surface area (Å²) in [4.78, 5) is 17.2. The van der Waals surface area contributed by atoms with Crippen LogP contribution in [0.15, 0.2) is 36.4 Å². The topological polar surface area (TPSA) is 32.8 Å². The van der Waals surface area contributed by atoms with Crippen LogP contribution in [0.3, 0.4) is 0 Å². The maximum Gasteiger partial charge on any atom is 0.253 e. The number of nitrogens with zero attached hydrogens (tertiary/aromatic N) is 2. The molecule has 2 aliphatic rings. The number of rotatable bonds is 7. The summed E-state index contributed by atoms with van der Waals surface area (Å²) in [6, 6.07) is 12.0. The highest BCUT2D eigenvalue weighted by atomic mass is 35.5. The Morgan fingerprint density at radius 3 is 2.58 bits per heavy atom. The molecule has 0 aromatic heterocycles. The van der Waals surface area contributed by atoms with Crippen LogP contribution in [0.1, 0.15) is 52.7 Å². The highest BCUT2D eigenvalue weighted by Gasteiger charge is 2.33. The molecule has 0 atom stereocenters. The van der Waals surface area contributed by atoms with Crippen molar-refractivity contribution in [3.63, 3.8) is 0 Å². The van der Waals surface area contributed by atoms with Gasteiger partial charge in [-0.3, -0.25) is 9.69 Å². The predicted molar refractivity (Wildman–Crippen MR) is 126 cm³/mol. The fourth-order valence-corrected chi connectivity index (χ4v) is 4.94. The Kier molecular flexibility index (Phi) is 6.88. The van der Waals surface area contributed by atoms with Crippen LogP contribution in [0.5, 0.6) is 5.75 Å². The van der Waals surface area contributed by atoms with Gasteiger partial charge in [-0.25, -0.2) is 0 Å². The second kappa shape index (κ2) is 9.62. The van der Waals surface area contributed by atoms with Crippen LogP contribution < -0.4 is 4.74 Å². The quantitative estimate of drug-likeness (QED) is 0.571. The summed E-state index contributed by atoms with van der Waals surface area (Å²) in [6.07, 6.45) is 4.64. The van der Waals surface area contributed by atoms with Crippen molar-refractivity contribution in [2.45, 2.75) is 52.2 Å². The lowest BCUT2D eigenvalue weighted by Crippen LogP contribution is -2.42. The number of carbonyl (C=O) groups excluding carboxylic acids is 1. The lowest BCUT2D eigenvalue weighted by Gasteiger charge is -2.38. The van der Waals surface area contributed by atoms with Crippen molar-refractivity contribution in [1.82, 2.24) is 9.80 Å². The SMILES string of the molecule is Cc1cccc(C(=O)N(C)CC2CC(Oc3cccc(CN4CCCC4)c3Cl)C2)c1C. The molecule has 2 aromatic carbocycles. The molecule has 0 bridgehead atoms. The van der Waals surface area contributed by atoms with E-state index in [1.54, 1.807) is 0 Å². The number of benzene rings is 2. The zero-order valence-electron chi connectivity index (χ0n) is 18.9. The molecule has 1 aliphatic carbocycles. The monoisotopic (exact) mass is 440 g/mol. The number of likely N-dealkylation sites (tertiary alicyclic amines) is 1. The van der Waals surface area contributed by atoms with E-state index in [0.29, 0.717) is 5.92 Å². The number of aryl methyl sites for hydroxylation is 1. The third kappa shape index (κ3) is 5.07. The molecule has 5 heteroatoms. The van der Waals surface area contributed by atoms with E-state index < -0.39 is 0 Å². The van der Waals surface area contributed by atoms with Crippen LogP contribution in [0.2, 0.25) is 5.02 Å². The molecule has 2 aromatic rings. The van der Waals surface area contributed by atoms with Crippen molar-refractivity contribution in [2.24, 2.45) is 5.92 Å². The first kappa shape index (κ1) is 22.2. The molecule has 1 saturated carbocycles. The lowest BCUT2D eigenvalue weighted by molar-refractivity contribution is 0.0419. The van der Waals surface area contributed by atoms with E-state index in [1.165, 1.54) is 12.8 Å². The molecule has 1 heterocycles. The first-order valence-corrected chi connectivity index (χ1v) is 11.8. The maximum atomic E-state index is 12.9. The Balaban J connectivity index is 1.28. The van der Waals surface area contributed by atoms with Gasteiger partial charge in [0.1, 0.15) is 5.75 Å². The first-order valence-electron chi connectivity index (χ1n) is 11.4. The van der Waals surface area contributed by atoms with Gasteiger partial charge in [-0.1, -0.05) is 35.9 Å². The summed E-state index contributed by atoms with van der Waals surface area (Å²) in [7, 11) is 1.90. The maximum absolute atomic E-state index is 12.9. The lowest BCUT2D eigenvalue weighted by atomic mass is 9.81. The minimum absolute atomic E-state index is 0.100. The van der Waals surface area contributed by atoms with Gasteiger partial charge in [0.25, 0.3) is 5.91 Å². The Bertz CT molecular complexity index is 933. The van der Waals surface area contributed by atoms with Crippen LogP contribution in [0, 0.1) is 19.8 Å². The summed E-state index contributed by atoms with van der Waals surface area (Å²) in [5.74, 6) is 1.36. The third-order valence-corrected chi connectivity index (χ3v) is 7.26. The molecule has 2 fully saturated rings. The number of amides is 1. The number of hydrogen-bond acceptors (Lipinski definition) is 3. The number of halogens is 1. The summed E-state index contributed by atoms with van der Waals surface area (Å²) < 4.78 is 6.22. The second-order valence-electron chi connectivity index (χ2n) is 9.22. The smallest absolute Gasteiger partial charge is 0.253 e. The van der Waals surface area contributed by atoms with E-state index in [2.05, 4.69) is 11.0 Å². The fourth-order valence-electron chi connectivity index (χ4n) is 4.71. The standard InChI is InChI=1S/C26H33ClN2O2/c1-18-8-6-10-23(19(18)2)26(30)28(3)16-20-14-22(15-20)31-24-11-7-9-21(25(24)27)17-29-12-4-5-13-29/h6-11,20,22H,4-5,12-17H2,1-3H3. The molecule has 31 heavy (non-hydrogen) atoms. The average Bonchev–Trinajstić information content (AvgIpc) is 3.23. The molecule has 0 N–H and O–H groups in total. The Morgan fingerprint density at radius 2 is 1.84 bits per heavy atom. The van der Waals surface area contributed by atoms with Crippen LogP contribution in [0.4, 0.5) is 0 Å². The Hall–Kier alpha value is -2.04. The summed E-state index contributed by atoms with van der Waals surface area (Å²) in [6.45, 7) is 8.03. The first-order chi connectivity index (χ1) is 14.9. The third-order valence-electron chi connectivity index (χ3n) is 6.84. The van der Waals surface area contributed by atoms with Crippen LogP contribution in [-0.4, -0.2) is 48.5 Å². The van der Waals surface area contributed by atoms with Gasteiger partial charge in [-0.05, 0) is 87.4 Å². The van der Waals surface area contributed by atoms with Crippen molar-refractivity contribution in [3.8, 4) is 5.75 Å². The molecule has 166 valence electrons. The molecule has 0 radical (unpaired) electrons. The van der Waals surface area contributed by atoms with Gasteiger partial charge in [0, 0.05) is 25.7 Å². The number of hydrogen-bond donors (Lipinski definition) is 0. The van der Waals surface area contributed by atoms with Gasteiger partial charge in [0.15, 0.2) is 0 Å². The summed E-state index contributed by atoms with van der Waals surface area (Å²) in [5, 5.41) is 0.750. The summed E-state index contributed by atoms with van der Waals surface area (Å²) >= 11 is 6.67. The van der Waals surface area contributed by atoms with Gasteiger partial charge >= 0.3 is 0 Å². The molecule has 0 unspecified atom stereocenters. The highest BCUT2D eigenvalue weighted by molar-refractivity contribution is 6.32. The normalized spacial score (nSPS) is 21.0. The Labute approximate surface area is 191 Å². The fraction of sp³-hybridized carbons (Fsp3) is 0.500. The van der Waals surface area contributed by atoms with Gasteiger partial charge < -0.3 is 9.64 Å². The van der Waals surface area contributed by atoms with Gasteiger partial charge in [-0.2, -0.15) is 0 Å². The van der Waals surface area contributed by atoms with E-state index in [-0.39, 0.29) is 12.0 Å². The van der Waals surface area contributed by atoms with Crippen molar-refractivity contribution >= 4 is 17.5 Å². The van der Waals surface area contributed by atoms with Crippen LogP contribution in [0.25, 0.3) is 0 Å².